The second kappa shape index (κ2) is 7.68. The summed E-state index contributed by atoms with van der Waals surface area (Å²) in [5.74, 6) is 0.632. The second-order valence-corrected chi connectivity index (χ2v) is 9.73. The fourth-order valence-corrected chi connectivity index (χ4v) is 3.76. The minimum atomic E-state index is -3.71. The molecule has 0 saturated heterocycles. The first kappa shape index (κ1) is 20.7. The van der Waals surface area contributed by atoms with Crippen LogP contribution in [-0.2, 0) is 10.0 Å². The third-order valence-corrected chi connectivity index (χ3v) is 4.96. The average Bonchev–Trinajstić information content (AvgIpc) is 2.35. The fourth-order valence-electron chi connectivity index (χ4n) is 2.74. The van der Waals surface area contributed by atoms with Gasteiger partial charge in [-0.15, -0.1) is 4.40 Å². The van der Waals surface area contributed by atoms with Crippen LogP contribution in [-0.4, -0.2) is 31.2 Å². The molecule has 0 bridgehead atoms. The van der Waals surface area contributed by atoms with E-state index in [1.54, 1.807) is 24.3 Å². The molecule has 0 radical (unpaired) electrons. The van der Waals surface area contributed by atoms with Crippen LogP contribution in [0.15, 0.2) is 33.6 Å². The van der Waals surface area contributed by atoms with Crippen molar-refractivity contribution < 1.29 is 8.42 Å². The molecular weight excluding hydrogens is 320 g/mol. The molecule has 0 N–H and O–H groups in total. The number of aryl methyl sites for hydroxylation is 1. The van der Waals surface area contributed by atoms with Crippen LogP contribution in [0.2, 0.25) is 0 Å². The molecule has 1 rings (SSSR count). The first-order valence-corrected chi connectivity index (χ1v) is 9.96. The topological polar surface area (TPSA) is 49.7 Å². The summed E-state index contributed by atoms with van der Waals surface area (Å²) in [5, 5.41) is 0. The van der Waals surface area contributed by atoms with Crippen LogP contribution in [0.1, 0.15) is 60.5 Å². The molecule has 24 heavy (non-hydrogen) atoms. The van der Waals surface area contributed by atoms with Crippen LogP contribution in [0.5, 0.6) is 0 Å². The highest BCUT2D eigenvalue weighted by molar-refractivity contribution is 7.90. The van der Waals surface area contributed by atoms with Crippen molar-refractivity contribution in [3.63, 3.8) is 0 Å². The minimum Gasteiger partial charge on any atom is -0.354 e. The standard InChI is InChI=1S/C19H32N2O2S/c1-14(2)21(15(3)4)18(13-19(6,7)8)20-24(22,23)17-11-9-16(5)10-12-17/h9-12,14-15H,13H2,1-8H3/b20-18-. The number of hydrogen-bond donors (Lipinski definition) is 0. The molecule has 0 saturated carbocycles. The zero-order valence-electron chi connectivity index (χ0n) is 16.3. The van der Waals surface area contributed by atoms with Crippen LogP contribution >= 0.6 is 0 Å². The van der Waals surface area contributed by atoms with Gasteiger partial charge in [0.05, 0.1) is 4.90 Å². The highest BCUT2D eigenvalue weighted by atomic mass is 32.2. The number of nitrogens with zero attached hydrogens (tertiary/aromatic N) is 2. The fraction of sp³-hybridized carbons (Fsp3) is 0.632. The number of benzene rings is 1. The molecule has 4 nitrogen and oxygen atoms in total. The van der Waals surface area contributed by atoms with Crippen molar-refractivity contribution >= 4 is 15.9 Å². The van der Waals surface area contributed by atoms with E-state index in [2.05, 4.69) is 57.8 Å². The average molecular weight is 353 g/mol. The molecule has 0 spiro atoms. The molecule has 0 aliphatic carbocycles. The van der Waals surface area contributed by atoms with Gasteiger partial charge in [-0.1, -0.05) is 38.5 Å². The lowest BCUT2D eigenvalue weighted by Gasteiger charge is -2.36. The van der Waals surface area contributed by atoms with Crippen molar-refractivity contribution in [2.24, 2.45) is 9.81 Å². The van der Waals surface area contributed by atoms with Crippen molar-refractivity contribution in [1.82, 2.24) is 4.90 Å². The molecule has 0 aromatic heterocycles. The Bertz CT molecular complexity index is 658. The molecule has 5 heteroatoms. The number of sulfonamides is 1. The molecule has 0 atom stereocenters. The van der Waals surface area contributed by atoms with Crippen LogP contribution < -0.4 is 0 Å². The maximum absolute atomic E-state index is 12.8. The van der Waals surface area contributed by atoms with E-state index in [9.17, 15) is 8.42 Å². The van der Waals surface area contributed by atoms with Gasteiger partial charge in [0.1, 0.15) is 5.84 Å². The number of hydrogen-bond acceptors (Lipinski definition) is 2. The lowest BCUT2D eigenvalue weighted by atomic mass is 9.91. The zero-order valence-corrected chi connectivity index (χ0v) is 17.1. The monoisotopic (exact) mass is 352 g/mol. The Hall–Kier alpha value is -1.36. The highest BCUT2D eigenvalue weighted by Gasteiger charge is 2.26. The molecule has 1 aromatic rings. The molecule has 0 amide bonds. The summed E-state index contributed by atoms with van der Waals surface area (Å²) < 4.78 is 29.8. The molecular formula is C19H32N2O2S. The van der Waals surface area contributed by atoms with E-state index in [0.717, 1.165) is 5.56 Å². The van der Waals surface area contributed by atoms with Gasteiger partial charge in [-0.2, -0.15) is 8.42 Å². The Morgan fingerprint density at radius 2 is 1.50 bits per heavy atom. The first-order valence-electron chi connectivity index (χ1n) is 8.52. The van der Waals surface area contributed by atoms with Crippen LogP contribution in [0.3, 0.4) is 0 Å². The van der Waals surface area contributed by atoms with Gasteiger partial charge in [0.2, 0.25) is 0 Å². The summed E-state index contributed by atoms with van der Waals surface area (Å²) in [6.07, 6.45) is 0.606. The van der Waals surface area contributed by atoms with Gasteiger partial charge in [-0.3, -0.25) is 0 Å². The van der Waals surface area contributed by atoms with E-state index < -0.39 is 10.0 Å². The van der Waals surface area contributed by atoms with Crippen LogP contribution in [0.4, 0.5) is 0 Å². The molecule has 0 heterocycles. The Morgan fingerprint density at radius 1 is 1.04 bits per heavy atom. The summed E-state index contributed by atoms with van der Waals surface area (Å²) in [7, 11) is -3.71. The largest absolute Gasteiger partial charge is 0.354 e. The third-order valence-electron chi connectivity index (χ3n) is 3.64. The Labute approximate surface area is 148 Å². The Balaban J connectivity index is 3.41. The van der Waals surface area contributed by atoms with Gasteiger partial charge in [0.15, 0.2) is 0 Å². The quantitative estimate of drug-likeness (QED) is 0.573. The van der Waals surface area contributed by atoms with E-state index in [-0.39, 0.29) is 22.4 Å². The van der Waals surface area contributed by atoms with Gasteiger partial charge in [0.25, 0.3) is 10.0 Å². The normalized spacial score (nSPS) is 13.7. The molecule has 0 aliphatic rings. The lowest BCUT2D eigenvalue weighted by molar-refractivity contribution is 0.274. The summed E-state index contributed by atoms with van der Waals surface area (Å²) >= 11 is 0. The van der Waals surface area contributed by atoms with E-state index in [4.69, 9.17) is 0 Å². The molecule has 0 fully saturated rings. The summed E-state index contributed by atoms with van der Waals surface area (Å²) in [6, 6.07) is 7.21. The van der Waals surface area contributed by atoms with Gasteiger partial charge in [-0.05, 0) is 52.2 Å². The number of amidine groups is 1. The SMILES string of the molecule is Cc1ccc(S(=O)(=O)/N=C(/CC(C)(C)C)N(C(C)C)C(C)C)cc1. The lowest BCUT2D eigenvalue weighted by Crippen LogP contribution is -2.44. The highest BCUT2D eigenvalue weighted by Crippen LogP contribution is 2.25. The Kier molecular flexibility index (Phi) is 6.62. The summed E-state index contributed by atoms with van der Waals surface area (Å²) in [6.45, 7) is 16.5. The van der Waals surface area contributed by atoms with E-state index in [1.807, 2.05) is 6.92 Å². The van der Waals surface area contributed by atoms with E-state index >= 15 is 0 Å². The van der Waals surface area contributed by atoms with Crippen LogP contribution in [0.25, 0.3) is 0 Å². The van der Waals surface area contributed by atoms with Gasteiger partial charge < -0.3 is 4.90 Å². The maximum Gasteiger partial charge on any atom is 0.283 e. The number of rotatable bonds is 5. The first-order chi connectivity index (χ1) is 10.8. The van der Waals surface area contributed by atoms with Crippen molar-refractivity contribution in [3.8, 4) is 0 Å². The smallest absolute Gasteiger partial charge is 0.283 e. The van der Waals surface area contributed by atoms with Gasteiger partial charge in [0, 0.05) is 18.5 Å². The zero-order chi connectivity index (χ0) is 18.7. The third kappa shape index (κ3) is 5.93. The van der Waals surface area contributed by atoms with Crippen LogP contribution in [0, 0.1) is 12.3 Å². The minimum absolute atomic E-state index is 0.0519. The van der Waals surface area contributed by atoms with Crippen molar-refractivity contribution in [2.75, 3.05) is 0 Å². The molecule has 1 aromatic carbocycles. The predicted molar refractivity (Wildman–Crippen MR) is 102 cm³/mol. The summed E-state index contributed by atoms with van der Waals surface area (Å²) in [4.78, 5) is 2.34. The second-order valence-electron chi connectivity index (χ2n) is 8.13. The van der Waals surface area contributed by atoms with E-state index in [0.29, 0.717) is 12.3 Å². The van der Waals surface area contributed by atoms with E-state index in [1.165, 1.54) is 0 Å². The van der Waals surface area contributed by atoms with Crippen molar-refractivity contribution in [2.45, 2.75) is 78.8 Å². The molecule has 0 aliphatic heterocycles. The predicted octanol–water partition coefficient (Wildman–Crippen LogP) is 4.64. The van der Waals surface area contributed by atoms with Crippen molar-refractivity contribution in [1.29, 1.82) is 0 Å². The van der Waals surface area contributed by atoms with Crippen molar-refractivity contribution in [3.05, 3.63) is 29.8 Å². The Morgan fingerprint density at radius 3 is 1.88 bits per heavy atom. The van der Waals surface area contributed by atoms with Gasteiger partial charge >= 0.3 is 0 Å². The maximum atomic E-state index is 12.8. The van der Waals surface area contributed by atoms with Gasteiger partial charge in [-0.25, -0.2) is 0 Å². The molecule has 136 valence electrons. The summed E-state index contributed by atoms with van der Waals surface area (Å²) in [5.41, 5.74) is 0.975. The molecule has 0 unspecified atom stereocenters.